The number of aliphatic carboxylic acids is 1. The maximum atomic E-state index is 11.0. The van der Waals surface area contributed by atoms with Gasteiger partial charge in [-0.25, -0.2) is 0 Å². The fraction of sp³-hybridized carbons (Fsp3) is 0.636. The van der Waals surface area contributed by atoms with Crippen LogP contribution in [0, 0.1) is 5.92 Å². The molecule has 0 amide bonds. The van der Waals surface area contributed by atoms with E-state index in [1.807, 2.05) is 24.7 Å². The highest BCUT2D eigenvalue weighted by Crippen LogP contribution is 2.25. The standard InChI is InChI=1S/C11H17N3O2/c1-8-10(11(15)16)4-6-14(8)7-9-3-5-12-13(9)2/h3,5,8,10H,4,6-7H2,1-2H3,(H,15,16). The molecule has 0 saturated carbocycles. The molecule has 2 atom stereocenters. The van der Waals surface area contributed by atoms with E-state index in [0.29, 0.717) is 0 Å². The van der Waals surface area contributed by atoms with Crippen molar-refractivity contribution in [2.45, 2.75) is 25.9 Å². The number of hydrogen-bond acceptors (Lipinski definition) is 3. The van der Waals surface area contributed by atoms with Gasteiger partial charge in [-0.1, -0.05) is 0 Å². The Bertz CT molecular complexity index is 388. The molecule has 1 aromatic heterocycles. The van der Waals surface area contributed by atoms with Gasteiger partial charge >= 0.3 is 5.97 Å². The average molecular weight is 223 g/mol. The summed E-state index contributed by atoms with van der Waals surface area (Å²) in [5, 5.41) is 13.1. The summed E-state index contributed by atoms with van der Waals surface area (Å²) in [6.45, 7) is 3.62. The molecule has 1 fully saturated rings. The van der Waals surface area contributed by atoms with E-state index in [1.54, 1.807) is 6.20 Å². The summed E-state index contributed by atoms with van der Waals surface area (Å²) in [5.41, 5.74) is 1.12. The molecular weight excluding hydrogens is 206 g/mol. The van der Waals surface area contributed by atoms with Crippen molar-refractivity contribution in [2.75, 3.05) is 6.54 Å². The molecule has 2 rings (SSSR count). The van der Waals surface area contributed by atoms with Crippen molar-refractivity contribution in [2.24, 2.45) is 13.0 Å². The fourth-order valence-corrected chi connectivity index (χ4v) is 2.32. The predicted octanol–water partition coefficient (Wildman–Crippen LogP) is 0.715. The van der Waals surface area contributed by atoms with E-state index in [2.05, 4.69) is 10.00 Å². The smallest absolute Gasteiger partial charge is 0.308 e. The molecule has 88 valence electrons. The third kappa shape index (κ3) is 1.95. The summed E-state index contributed by atoms with van der Waals surface area (Å²) in [6.07, 6.45) is 2.51. The first-order valence-corrected chi connectivity index (χ1v) is 5.53. The highest BCUT2D eigenvalue weighted by Gasteiger charge is 2.35. The second-order valence-electron chi connectivity index (χ2n) is 4.39. The maximum Gasteiger partial charge on any atom is 0.308 e. The Hall–Kier alpha value is -1.36. The summed E-state index contributed by atoms with van der Waals surface area (Å²) in [7, 11) is 1.91. The third-order valence-electron chi connectivity index (χ3n) is 3.49. The third-order valence-corrected chi connectivity index (χ3v) is 3.49. The first-order chi connectivity index (χ1) is 7.59. The highest BCUT2D eigenvalue weighted by molar-refractivity contribution is 5.71. The lowest BCUT2D eigenvalue weighted by Gasteiger charge is -2.22. The summed E-state index contributed by atoms with van der Waals surface area (Å²) >= 11 is 0. The molecule has 0 spiro atoms. The Morgan fingerprint density at radius 3 is 2.94 bits per heavy atom. The normalized spacial score (nSPS) is 26.1. The average Bonchev–Trinajstić information content (AvgIpc) is 2.76. The number of carboxylic acid groups (broad SMARTS) is 1. The van der Waals surface area contributed by atoms with Crippen molar-refractivity contribution < 1.29 is 9.90 Å². The predicted molar refractivity (Wildman–Crippen MR) is 58.8 cm³/mol. The first-order valence-electron chi connectivity index (χ1n) is 5.53. The molecule has 2 heterocycles. The zero-order chi connectivity index (χ0) is 11.7. The Morgan fingerprint density at radius 1 is 1.69 bits per heavy atom. The van der Waals surface area contributed by atoms with Gasteiger partial charge in [0.1, 0.15) is 0 Å². The number of aromatic nitrogens is 2. The van der Waals surface area contributed by atoms with E-state index in [-0.39, 0.29) is 12.0 Å². The van der Waals surface area contributed by atoms with Crippen LogP contribution in [-0.2, 0) is 18.4 Å². The summed E-state index contributed by atoms with van der Waals surface area (Å²) < 4.78 is 1.83. The molecule has 1 N–H and O–H groups in total. The van der Waals surface area contributed by atoms with Crippen LogP contribution in [0.4, 0.5) is 0 Å². The van der Waals surface area contributed by atoms with Gasteiger partial charge in [0.2, 0.25) is 0 Å². The van der Waals surface area contributed by atoms with Crippen LogP contribution in [-0.4, -0.2) is 38.3 Å². The van der Waals surface area contributed by atoms with Crippen molar-refractivity contribution in [1.29, 1.82) is 0 Å². The van der Waals surface area contributed by atoms with E-state index in [9.17, 15) is 4.79 Å². The van der Waals surface area contributed by atoms with Crippen LogP contribution in [0.5, 0.6) is 0 Å². The molecule has 2 unspecified atom stereocenters. The molecule has 5 heteroatoms. The number of carboxylic acids is 1. The molecular formula is C11H17N3O2. The lowest BCUT2D eigenvalue weighted by atomic mass is 10.0. The van der Waals surface area contributed by atoms with Crippen LogP contribution >= 0.6 is 0 Å². The van der Waals surface area contributed by atoms with Gasteiger partial charge in [-0.15, -0.1) is 0 Å². The first kappa shape index (κ1) is 11.1. The molecule has 0 aromatic carbocycles. The van der Waals surface area contributed by atoms with Crippen molar-refractivity contribution in [3.8, 4) is 0 Å². The van der Waals surface area contributed by atoms with E-state index in [4.69, 9.17) is 5.11 Å². The van der Waals surface area contributed by atoms with Crippen LogP contribution in [0.15, 0.2) is 12.3 Å². The molecule has 1 aliphatic rings. The maximum absolute atomic E-state index is 11.0. The SMILES string of the molecule is CC1C(C(=O)O)CCN1Cc1ccnn1C. The lowest BCUT2D eigenvalue weighted by molar-refractivity contribution is -0.142. The molecule has 0 aliphatic carbocycles. The minimum absolute atomic E-state index is 0.104. The minimum Gasteiger partial charge on any atom is -0.481 e. The van der Waals surface area contributed by atoms with Gasteiger partial charge in [0, 0.05) is 25.8 Å². The van der Waals surface area contributed by atoms with Crippen molar-refractivity contribution in [1.82, 2.24) is 14.7 Å². The monoisotopic (exact) mass is 223 g/mol. The molecule has 1 saturated heterocycles. The van der Waals surface area contributed by atoms with Crippen molar-refractivity contribution in [3.05, 3.63) is 18.0 Å². The van der Waals surface area contributed by atoms with Gasteiger partial charge in [-0.2, -0.15) is 5.10 Å². The van der Waals surface area contributed by atoms with E-state index < -0.39 is 5.97 Å². The van der Waals surface area contributed by atoms with Gasteiger partial charge in [-0.05, 0) is 26.0 Å². The van der Waals surface area contributed by atoms with Crippen LogP contribution in [0.25, 0.3) is 0 Å². The van der Waals surface area contributed by atoms with Crippen molar-refractivity contribution >= 4 is 5.97 Å². The Kier molecular flexibility index (Phi) is 2.96. The van der Waals surface area contributed by atoms with E-state index >= 15 is 0 Å². The van der Waals surface area contributed by atoms with Crippen molar-refractivity contribution in [3.63, 3.8) is 0 Å². The second-order valence-corrected chi connectivity index (χ2v) is 4.39. The lowest BCUT2D eigenvalue weighted by Crippen LogP contribution is -2.33. The summed E-state index contributed by atoms with van der Waals surface area (Å²) in [5.74, 6) is -0.909. The molecule has 1 aliphatic heterocycles. The van der Waals surface area contributed by atoms with E-state index in [0.717, 1.165) is 25.2 Å². The summed E-state index contributed by atoms with van der Waals surface area (Å²) in [6, 6.07) is 2.08. The van der Waals surface area contributed by atoms with Crippen LogP contribution in [0.2, 0.25) is 0 Å². The van der Waals surface area contributed by atoms with Gasteiger partial charge in [-0.3, -0.25) is 14.4 Å². The molecule has 5 nitrogen and oxygen atoms in total. The topological polar surface area (TPSA) is 58.4 Å². The van der Waals surface area contributed by atoms with Crippen LogP contribution < -0.4 is 0 Å². The fourth-order valence-electron chi connectivity index (χ4n) is 2.32. The number of aryl methyl sites for hydroxylation is 1. The Morgan fingerprint density at radius 2 is 2.44 bits per heavy atom. The van der Waals surface area contributed by atoms with Gasteiger partial charge in [0.15, 0.2) is 0 Å². The highest BCUT2D eigenvalue weighted by atomic mass is 16.4. The molecule has 0 bridgehead atoms. The van der Waals surface area contributed by atoms with Crippen LogP contribution in [0.3, 0.4) is 0 Å². The molecule has 0 radical (unpaired) electrons. The largest absolute Gasteiger partial charge is 0.481 e. The number of nitrogens with zero attached hydrogens (tertiary/aromatic N) is 3. The Labute approximate surface area is 94.7 Å². The Balaban J connectivity index is 2.03. The quantitative estimate of drug-likeness (QED) is 0.820. The summed E-state index contributed by atoms with van der Waals surface area (Å²) in [4.78, 5) is 13.2. The van der Waals surface area contributed by atoms with Gasteiger partial charge in [0.05, 0.1) is 11.6 Å². The zero-order valence-corrected chi connectivity index (χ0v) is 9.63. The van der Waals surface area contributed by atoms with Gasteiger partial charge in [0.25, 0.3) is 0 Å². The number of rotatable bonds is 3. The molecule has 16 heavy (non-hydrogen) atoms. The number of carbonyl (C=O) groups is 1. The molecule has 1 aromatic rings. The van der Waals surface area contributed by atoms with E-state index in [1.165, 1.54) is 0 Å². The zero-order valence-electron chi connectivity index (χ0n) is 9.63. The van der Waals surface area contributed by atoms with Gasteiger partial charge < -0.3 is 5.11 Å². The number of hydrogen-bond donors (Lipinski definition) is 1. The minimum atomic E-state index is -0.681. The van der Waals surface area contributed by atoms with Crippen LogP contribution in [0.1, 0.15) is 19.0 Å². The number of likely N-dealkylation sites (tertiary alicyclic amines) is 1. The second kappa shape index (κ2) is 4.25.